The molecule has 0 saturated heterocycles. The summed E-state index contributed by atoms with van der Waals surface area (Å²) in [5.41, 5.74) is 2.79. The van der Waals surface area contributed by atoms with Crippen LogP contribution in [0, 0.1) is 0 Å². The van der Waals surface area contributed by atoms with Crippen molar-refractivity contribution in [2.75, 3.05) is 24.5 Å². The maximum atomic E-state index is 13.4. The molecule has 4 rings (SSSR count). The Balaban J connectivity index is 1.65. The molecule has 2 heterocycles. The molecule has 0 radical (unpaired) electrons. The second-order valence-corrected chi connectivity index (χ2v) is 9.57. The van der Waals surface area contributed by atoms with E-state index in [-0.39, 0.29) is 0 Å². The van der Waals surface area contributed by atoms with E-state index < -0.39 is 10.0 Å². The Morgan fingerprint density at radius 3 is 2.68 bits per heavy atom. The maximum absolute atomic E-state index is 13.4. The summed E-state index contributed by atoms with van der Waals surface area (Å²) in [5.74, 6) is 0. The van der Waals surface area contributed by atoms with Gasteiger partial charge in [-0.05, 0) is 30.2 Å². The maximum Gasteiger partial charge on any atom is 0.245 e. The normalized spacial score (nSPS) is 16.5. The van der Waals surface area contributed by atoms with Gasteiger partial charge in [0.15, 0.2) is 0 Å². The highest BCUT2D eigenvalue weighted by Gasteiger charge is 2.32. The summed E-state index contributed by atoms with van der Waals surface area (Å²) in [7, 11) is -3.57. The Bertz CT molecular complexity index is 1040. The number of aromatic nitrogens is 2. The van der Waals surface area contributed by atoms with E-state index >= 15 is 0 Å². The first-order valence-corrected chi connectivity index (χ1v) is 11.3. The minimum Gasteiger partial charge on any atom is -0.363 e. The van der Waals surface area contributed by atoms with Crippen molar-refractivity contribution in [3.05, 3.63) is 76.8 Å². The van der Waals surface area contributed by atoms with Gasteiger partial charge in [-0.25, -0.2) is 13.4 Å². The topological polar surface area (TPSA) is 69.3 Å². The predicted molar refractivity (Wildman–Crippen MR) is 113 cm³/mol. The number of benzene rings is 2. The van der Waals surface area contributed by atoms with E-state index in [2.05, 4.69) is 30.8 Å². The van der Waals surface area contributed by atoms with Gasteiger partial charge in [-0.3, -0.25) is 0 Å². The lowest BCUT2D eigenvalue weighted by Crippen LogP contribution is -2.36. The number of sulfonamides is 1. The van der Waals surface area contributed by atoms with Gasteiger partial charge in [-0.15, -0.1) is 0 Å². The van der Waals surface area contributed by atoms with Crippen molar-refractivity contribution < 1.29 is 8.42 Å². The minimum atomic E-state index is -3.57. The van der Waals surface area contributed by atoms with E-state index in [0.29, 0.717) is 43.2 Å². The molecule has 146 valence electrons. The van der Waals surface area contributed by atoms with Crippen LogP contribution < -0.4 is 4.90 Å². The largest absolute Gasteiger partial charge is 0.363 e. The zero-order valence-corrected chi connectivity index (χ0v) is 17.7. The van der Waals surface area contributed by atoms with Crippen LogP contribution in [-0.4, -0.2) is 42.3 Å². The van der Waals surface area contributed by atoms with Crippen molar-refractivity contribution in [2.45, 2.75) is 17.9 Å². The molecule has 1 aliphatic rings. The van der Waals surface area contributed by atoms with E-state index in [1.54, 1.807) is 29.0 Å². The SMILES string of the molecule is O=S1(=O)c2ccc(Br)cc2N(Cc2cnc[nH]2)CCN1CCc1ccccc1. The molecule has 3 aromatic rings. The molecule has 8 heteroatoms. The monoisotopic (exact) mass is 460 g/mol. The van der Waals surface area contributed by atoms with Crippen LogP contribution in [0.1, 0.15) is 11.3 Å². The minimum absolute atomic E-state index is 0.348. The van der Waals surface area contributed by atoms with Gasteiger partial charge in [0.1, 0.15) is 4.90 Å². The van der Waals surface area contributed by atoms with E-state index in [9.17, 15) is 8.42 Å². The molecule has 28 heavy (non-hydrogen) atoms. The van der Waals surface area contributed by atoms with Crippen LogP contribution in [0.4, 0.5) is 5.69 Å². The molecule has 6 nitrogen and oxygen atoms in total. The smallest absolute Gasteiger partial charge is 0.245 e. The summed E-state index contributed by atoms with van der Waals surface area (Å²) < 4.78 is 29.2. The Morgan fingerprint density at radius 1 is 1.11 bits per heavy atom. The van der Waals surface area contributed by atoms with Gasteiger partial charge >= 0.3 is 0 Å². The average molecular weight is 461 g/mol. The first-order chi connectivity index (χ1) is 13.5. The molecule has 0 bridgehead atoms. The van der Waals surface area contributed by atoms with Gasteiger partial charge in [0.05, 0.1) is 24.3 Å². The molecular weight excluding hydrogens is 440 g/mol. The number of nitrogens with zero attached hydrogens (tertiary/aromatic N) is 3. The van der Waals surface area contributed by atoms with Crippen molar-refractivity contribution in [3.8, 4) is 0 Å². The number of aromatic amines is 1. The van der Waals surface area contributed by atoms with Crippen LogP contribution in [0.2, 0.25) is 0 Å². The quantitative estimate of drug-likeness (QED) is 0.632. The standard InChI is InChI=1S/C20H21BrN4O2S/c21-17-6-7-20-19(12-17)24(14-18-13-22-15-23-18)10-11-25(28(20,26)27)9-8-16-4-2-1-3-5-16/h1-7,12-13,15H,8-11,14H2,(H,22,23). The first kappa shape index (κ1) is 19.2. The Morgan fingerprint density at radius 2 is 1.93 bits per heavy atom. The number of hydrogen-bond donors (Lipinski definition) is 1. The first-order valence-electron chi connectivity index (χ1n) is 9.10. The van der Waals surface area contributed by atoms with Crippen molar-refractivity contribution in [2.24, 2.45) is 0 Å². The van der Waals surface area contributed by atoms with Crippen LogP contribution in [0.5, 0.6) is 0 Å². The van der Waals surface area contributed by atoms with Crippen molar-refractivity contribution in [1.82, 2.24) is 14.3 Å². The number of H-pyrrole nitrogens is 1. The van der Waals surface area contributed by atoms with Crippen LogP contribution in [0.25, 0.3) is 0 Å². The van der Waals surface area contributed by atoms with Crippen LogP contribution in [-0.2, 0) is 23.0 Å². The second-order valence-electron chi connectivity index (χ2n) is 6.75. The molecule has 0 amide bonds. The van der Waals surface area contributed by atoms with Crippen molar-refractivity contribution in [3.63, 3.8) is 0 Å². The number of nitrogens with one attached hydrogen (secondary N) is 1. The summed E-state index contributed by atoms with van der Waals surface area (Å²) in [6.07, 6.45) is 4.09. The van der Waals surface area contributed by atoms with E-state index in [1.807, 2.05) is 36.4 Å². The number of imidazole rings is 1. The zero-order chi connectivity index (χ0) is 19.6. The predicted octanol–water partition coefficient (Wildman–Crippen LogP) is 3.43. The highest BCUT2D eigenvalue weighted by molar-refractivity contribution is 9.10. The number of hydrogen-bond acceptors (Lipinski definition) is 4. The van der Waals surface area contributed by atoms with Gasteiger partial charge in [0, 0.05) is 30.3 Å². The third-order valence-electron chi connectivity index (χ3n) is 4.91. The van der Waals surface area contributed by atoms with Gasteiger partial charge in [-0.2, -0.15) is 4.31 Å². The van der Waals surface area contributed by atoms with Gasteiger partial charge in [-0.1, -0.05) is 46.3 Å². The van der Waals surface area contributed by atoms with E-state index in [0.717, 1.165) is 15.7 Å². The van der Waals surface area contributed by atoms with Crippen LogP contribution in [0.15, 0.2) is 70.4 Å². The summed E-state index contributed by atoms with van der Waals surface area (Å²) in [5, 5.41) is 0. The van der Waals surface area contributed by atoms with E-state index in [4.69, 9.17) is 0 Å². The molecule has 2 aromatic carbocycles. The molecular formula is C20H21BrN4O2S. The third-order valence-corrected chi connectivity index (χ3v) is 7.35. The number of anilines is 1. The highest BCUT2D eigenvalue weighted by atomic mass is 79.9. The molecule has 0 aliphatic carbocycles. The van der Waals surface area contributed by atoms with Crippen LogP contribution in [0.3, 0.4) is 0 Å². The molecule has 0 saturated carbocycles. The van der Waals surface area contributed by atoms with E-state index in [1.165, 1.54) is 0 Å². The molecule has 1 aliphatic heterocycles. The summed E-state index contributed by atoms with van der Waals surface area (Å²) in [4.78, 5) is 9.61. The molecule has 0 atom stereocenters. The van der Waals surface area contributed by atoms with Crippen LogP contribution >= 0.6 is 15.9 Å². The lowest BCUT2D eigenvalue weighted by Gasteiger charge is -2.23. The molecule has 0 fully saturated rings. The highest BCUT2D eigenvalue weighted by Crippen LogP contribution is 2.34. The lowest BCUT2D eigenvalue weighted by atomic mass is 10.1. The fourth-order valence-corrected chi connectivity index (χ4v) is 5.41. The van der Waals surface area contributed by atoms with Crippen molar-refractivity contribution >= 4 is 31.6 Å². The molecule has 0 spiro atoms. The van der Waals surface area contributed by atoms with Gasteiger partial charge in [0.2, 0.25) is 10.0 Å². The molecule has 1 aromatic heterocycles. The zero-order valence-electron chi connectivity index (χ0n) is 15.3. The summed E-state index contributed by atoms with van der Waals surface area (Å²) in [6, 6.07) is 15.3. The number of halogens is 1. The summed E-state index contributed by atoms with van der Waals surface area (Å²) in [6.45, 7) is 2.08. The van der Waals surface area contributed by atoms with Gasteiger partial charge in [0.25, 0.3) is 0 Å². The molecule has 0 unspecified atom stereocenters. The second kappa shape index (κ2) is 8.06. The fraction of sp³-hybridized carbons (Fsp3) is 0.250. The average Bonchev–Trinajstić information content (AvgIpc) is 3.17. The Hall–Kier alpha value is -2.16. The Labute approximate surface area is 173 Å². The number of rotatable bonds is 5. The molecule has 1 N–H and O–H groups in total. The van der Waals surface area contributed by atoms with Gasteiger partial charge < -0.3 is 9.88 Å². The number of fused-ring (bicyclic) bond motifs is 1. The van der Waals surface area contributed by atoms with Crippen molar-refractivity contribution in [1.29, 1.82) is 0 Å². The lowest BCUT2D eigenvalue weighted by molar-refractivity contribution is 0.422. The third kappa shape index (κ3) is 3.99. The Kier molecular flexibility index (Phi) is 5.52. The summed E-state index contributed by atoms with van der Waals surface area (Å²) >= 11 is 3.48. The fourth-order valence-electron chi connectivity index (χ4n) is 3.44.